The van der Waals surface area contributed by atoms with Gasteiger partial charge in [0.15, 0.2) is 0 Å². The number of alkyl halides is 3. The van der Waals surface area contributed by atoms with E-state index in [1.165, 1.54) is 36.0 Å². The number of piperidine rings is 1. The maximum absolute atomic E-state index is 14.4. The number of amides is 1. The minimum absolute atomic E-state index is 0.109. The highest BCUT2D eigenvalue weighted by molar-refractivity contribution is 7.99. The lowest BCUT2D eigenvalue weighted by Crippen LogP contribution is -2.53. The van der Waals surface area contributed by atoms with Crippen LogP contribution in [0.1, 0.15) is 62.0 Å². The van der Waals surface area contributed by atoms with Crippen LogP contribution in [-0.4, -0.2) is 123 Å². The Hall–Kier alpha value is -6.10. The van der Waals surface area contributed by atoms with Crippen LogP contribution in [0.5, 0.6) is 0 Å². The van der Waals surface area contributed by atoms with Crippen molar-refractivity contribution in [3.63, 3.8) is 0 Å². The lowest BCUT2D eigenvalue weighted by Gasteiger charge is -2.41. The smallest absolute Gasteiger partial charge is 0.390 e. The molecule has 3 heterocycles. The van der Waals surface area contributed by atoms with Crippen LogP contribution in [0.3, 0.4) is 0 Å². The van der Waals surface area contributed by atoms with Gasteiger partial charge in [-0.25, -0.2) is 21.2 Å². The Kier molecular flexibility index (Phi) is 16.4. The average molecular weight is 1130 g/mol. The Balaban J connectivity index is 0.889. The van der Waals surface area contributed by atoms with E-state index in [0.717, 1.165) is 50.9 Å². The second-order valence-corrected chi connectivity index (χ2v) is 25.9. The first-order valence-corrected chi connectivity index (χ1v) is 29.9. The van der Waals surface area contributed by atoms with Crippen molar-refractivity contribution < 1.29 is 49.4 Å². The van der Waals surface area contributed by atoms with Crippen molar-refractivity contribution in [1.29, 1.82) is 0 Å². The summed E-state index contributed by atoms with van der Waals surface area (Å²) in [4.78, 5) is 19.6. The van der Waals surface area contributed by atoms with Crippen molar-refractivity contribution in [3.8, 4) is 22.4 Å². The number of hydrogen-bond acceptors (Lipinski definition) is 12. The van der Waals surface area contributed by atoms with E-state index in [4.69, 9.17) is 0 Å². The second kappa shape index (κ2) is 22.6. The fraction of sp³-hybridized carbons (Fsp3) is 0.386. The van der Waals surface area contributed by atoms with E-state index in [1.807, 2.05) is 73.1 Å². The van der Waals surface area contributed by atoms with Gasteiger partial charge in [-0.3, -0.25) is 9.52 Å². The number of piperazine rings is 1. The number of aromatic nitrogens is 1. The molecular formula is C57H65F4N7O7S3. The number of thioether (sulfide) groups is 1. The van der Waals surface area contributed by atoms with Gasteiger partial charge in [-0.1, -0.05) is 30.3 Å². The monoisotopic (exact) mass is 1130 g/mol. The van der Waals surface area contributed by atoms with Crippen LogP contribution >= 0.6 is 11.8 Å². The molecule has 78 heavy (non-hydrogen) atoms. The molecule has 0 unspecified atom stereocenters. The zero-order valence-corrected chi connectivity index (χ0v) is 46.3. The summed E-state index contributed by atoms with van der Waals surface area (Å²) in [6, 6.07) is 32.0. The lowest BCUT2D eigenvalue weighted by atomic mass is 9.77. The molecule has 14 nitrogen and oxygen atoms in total. The van der Waals surface area contributed by atoms with Crippen molar-refractivity contribution in [3.05, 3.63) is 138 Å². The molecule has 1 saturated carbocycles. The molecule has 416 valence electrons. The Morgan fingerprint density at radius 2 is 1.41 bits per heavy atom. The molecule has 2 saturated heterocycles. The van der Waals surface area contributed by atoms with Gasteiger partial charge in [-0.15, -0.1) is 11.8 Å². The normalized spacial score (nSPS) is 19.5. The third-order valence-corrected chi connectivity index (χ3v) is 19.2. The Bertz CT molecular complexity index is 3330. The van der Waals surface area contributed by atoms with Crippen LogP contribution in [-0.2, 0) is 26.9 Å². The molecular weight excluding hydrogens is 1070 g/mol. The molecule has 0 bridgehead atoms. The zero-order chi connectivity index (χ0) is 55.8. The van der Waals surface area contributed by atoms with Crippen LogP contribution in [0.2, 0.25) is 0 Å². The SMILES string of the molecule is Cc1c(C(=O)NC2CC(C)(O)C2)c(-c2cccc(N3CCN(c4ccc(NS(=O)(=O)c5ccc(N[C@H](CCN6CCC(C)(O)CC6)CSc6ccccc6)c(S(=O)(=O)C(F)(F)F)c5)cc4)CC3)c2)c(-c2ccc(F)cc2)n1C. The number of rotatable bonds is 18. The first-order valence-electron chi connectivity index (χ1n) is 25.9. The van der Waals surface area contributed by atoms with Gasteiger partial charge in [0.1, 0.15) is 10.7 Å². The fourth-order valence-electron chi connectivity index (χ4n) is 10.6. The van der Waals surface area contributed by atoms with E-state index in [2.05, 4.69) is 30.1 Å². The Morgan fingerprint density at radius 3 is 2.04 bits per heavy atom. The van der Waals surface area contributed by atoms with Crippen molar-refractivity contribution in [2.75, 3.05) is 71.4 Å². The molecule has 1 atom stereocenters. The predicted molar refractivity (Wildman–Crippen MR) is 299 cm³/mol. The molecule has 5 N–H and O–H groups in total. The molecule has 9 rings (SSSR count). The molecule has 21 heteroatoms. The quantitative estimate of drug-likeness (QED) is 0.0408. The molecule has 0 spiro atoms. The van der Waals surface area contributed by atoms with Gasteiger partial charge in [-0.2, -0.15) is 13.2 Å². The molecule has 0 radical (unpaired) electrons. The van der Waals surface area contributed by atoms with Gasteiger partial charge in [0.2, 0.25) is 0 Å². The van der Waals surface area contributed by atoms with E-state index < -0.39 is 52.4 Å². The predicted octanol–water partition coefficient (Wildman–Crippen LogP) is 9.68. The maximum atomic E-state index is 14.4. The van der Waals surface area contributed by atoms with Crippen LogP contribution in [0.25, 0.3) is 22.4 Å². The first-order chi connectivity index (χ1) is 36.9. The van der Waals surface area contributed by atoms with Crippen LogP contribution < -0.4 is 25.2 Å². The summed E-state index contributed by atoms with van der Waals surface area (Å²) in [5.41, 5.74) is -1.67. The van der Waals surface area contributed by atoms with E-state index in [9.17, 15) is 49.4 Å². The van der Waals surface area contributed by atoms with Crippen molar-refractivity contribution in [2.24, 2.45) is 7.05 Å². The highest BCUT2D eigenvalue weighted by Gasteiger charge is 2.49. The number of nitrogens with zero attached hydrogens (tertiary/aromatic N) is 4. The number of carbonyl (C=O) groups excluding carboxylic acids is 1. The minimum Gasteiger partial charge on any atom is -0.390 e. The summed E-state index contributed by atoms with van der Waals surface area (Å²) in [5, 5.41) is 27.0. The highest BCUT2D eigenvalue weighted by atomic mass is 32.2. The number of anilines is 4. The van der Waals surface area contributed by atoms with Crippen LogP contribution in [0.15, 0.2) is 136 Å². The van der Waals surface area contributed by atoms with E-state index in [1.54, 1.807) is 38.1 Å². The Labute approximate surface area is 457 Å². The number of hydrogen-bond donors (Lipinski definition) is 5. The molecule has 3 aliphatic rings. The molecule has 1 aliphatic carbocycles. The van der Waals surface area contributed by atoms with Gasteiger partial charge in [0.25, 0.3) is 25.8 Å². The number of sulfonamides is 1. The highest BCUT2D eigenvalue weighted by Crippen LogP contribution is 2.42. The third-order valence-electron chi connectivity index (χ3n) is 15.1. The molecule has 2 aliphatic heterocycles. The largest absolute Gasteiger partial charge is 0.501 e. The number of sulfone groups is 1. The molecule has 1 aromatic heterocycles. The zero-order valence-electron chi connectivity index (χ0n) is 43.9. The molecule has 5 aromatic carbocycles. The standard InChI is InChI=1S/C57H65F4N7O7S3/c1-38-51(54(69)63-44-35-56(3,71)36-44)52(53(65(38)4)39-13-15-41(58)16-14-39)40-9-8-10-46(33-40)68-31-29-67(30-32-68)45-19-17-42(18-20-45)64-78(74,75)48-21-22-49(50(34-48)77(72,73)57(59,60)61)62-43(37-76-47-11-6-5-7-12-47)23-26-66-27-24-55(2,70)25-28-66/h5-22,33-34,43-44,62,64,70-71H,23-32,35-37H2,1-4H3,(H,63,69)/t43-,44?,56?/m1/s1. The number of likely N-dealkylation sites (tertiary alicyclic amines) is 1. The Morgan fingerprint density at radius 1 is 0.769 bits per heavy atom. The summed E-state index contributed by atoms with van der Waals surface area (Å²) < 4.78 is 116. The fourth-order valence-corrected chi connectivity index (χ4v) is 13.7. The van der Waals surface area contributed by atoms with Crippen LogP contribution in [0.4, 0.5) is 40.3 Å². The summed E-state index contributed by atoms with van der Waals surface area (Å²) in [7, 11) is -8.78. The number of nitrogens with one attached hydrogen (secondary N) is 3. The van der Waals surface area contributed by atoms with E-state index in [-0.39, 0.29) is 29.1 Å². The number of aliphatic hydroxyl groups is 2. The first kappa shape index (κ1) is 56.6. The third kappa shape index (κ3) is 12.8. The number of carbonyl (C=O) groups is 1. The van der Waals surface area contributed by atoms with Crippen LogP contribution in [0, 0.1) is 12.7 Å². The summed E-state index contributed by atoms with van der Waals surface area (Å²) in [5.74, 6) is -0.279. The van der Waals surface area contributed by atoms with Gasteiger partial charge >= 0.3 is 5.51 Å². The molecule has 6 aromatic rings. The van der Waals surface area contributed by atoms with Gasteiger partial charge in [0.05, 0.1) is 33.0 Å². The summed E-state index contributed by atoms with van der Waals surface area (Å²) in [6.45, 7) is 9.56. The molecule has 1 amide bonds. The number of benzene rings is 5. The van der Waals surface area contributed by atoms with Gasteiger partial charge in [-0.05, 0) is 155 Å². The lowest BCUT2D eigenvalue weighted by molar-refractivity contribution is -0.0436. The van der Waals surface area contributed by atoms with Crippen molar-refractivity contribution in [1.82, 2.24) is 14.8 Å². The van der Waals surface area contributed by atoms with Crippen molar-refractivity contribution >= 4 is 60.3 Å². The minimum atomic E-state index is -6.04. The summed E-state index contributed by atoms with van der Waals surface area (Å²) >= 11 is 1.45. The average Bonchev–Trinajstić information content (AvgIpc) is 3.77. The van der Waals surface area contributed by atoms with E-state index >= 15 is 0 Å². The summed E-state index contributed by atoms with van der Waals surface area (Å²) in [6.07, 6.45) is 2.42. The van der Waals surface area contributed by atoms with Gasteiger partial charge < -0.3 is 40.1 Å². The van der Waals surface area contributed by atoms with Crippen molar-refractivity contribution in [2.45, 2.75) is 96.4 Å². The van der Waals surface area contributed by atoms with Gasteiger partial charge in [0, 0.05) is 104 Å². The number of halogens is 4. The molecule has 3 fully saturated rings. The maximum Gasteiger partial charge on any atom is 0.501 e. The van der Waals surface area contributed by atoms with E-state index in [0.29, 0.717) is 101 Å². The topological polar surface area (TPSA) is 177 Å². The second-order valence-electron chi connectivity index (χ2n) is 21.2.